The number of pyridine rings is 1. The number of halogens is 3. The third-order valence-corrected chi connectivity index (χ3v) is 3.55. The Labute approximate surface area is 119 Å². The lowest BCUT2D eigenvalue weighted by Gasteiger charge is -2.41. The van der Waals surface area contributed by atoms with E-state index in [0.717, 1.165) is 11.8 Å². The maximum atomic E-state index is 13.6. The van der Waals surface area contributed by atoms with Crippen LogP contribution in [0.5, 0.6) is 0 Å². The zero-order valence-electron chi connectivity index (χ0n) is 10.9. The minimum atomic E-state index is -0.982. The topological polar surface area (TPSA) is 33.2 Å². The molecular formula is C15H11F3N2O. The van der Waals surface area contributed by atoms with E-state index in [1.54, 1.807) is 12.1 Å². The monoisotopic (exact) mass is 292 g/mol. The van der Waals surface area contributed by atoms with E-state index in [9.17, 15) is 18.0 Å². The number of carbonyl (C=O) groups excluding carboxylic acids is 1. The minimum Gasteiger partial charge on any atom is -0.330 e. The van der Waals surface area contributed by atoms with E-state index >= 15 is 0 Å². The molecule has 21 heavy (non-hydrogen) atoms. The molecule has 1 aliphatic heterocycles. The Hall–Kier alpha value is -2.37. The first-order valence-electron chi connectivity index (χ1n) is 6.44. The van der Waals surface area contributed by atoms with Gasteiger partial charge in [-0.3, -0.25) is 4.79 Å². The van der Waals surface area contributed by atoms with Crippen molar-refractivity contribution in [3.05, 3.63) is 65.2 Å². The Morgan fingerprint density at radius 1 is 1.14 bits per heavy atom. The Balaban J connectivity index is 1.83. The molecule has 6 heteroatoms. The lowest BCUT2D eigenvalue weighted by molar-refractivity contribution is 0.0448. The van der Waals surface area contributed by atoms with E-state index in [2.05, 4.69) is 4.98 Å². The molecule has 1 amide bonds. The Kier molecular flexibility index (Phi) is 3.37. The van der Waals surface area contributed by atoms with Crippen LogP contribution in [0.4, 0.5) is 13.2 Å². The molecular weight excluding hydrogens is 281 g/mol. The summed E-state index contributed by atoms with van der Waals surface area (Å²) in [6.07, 6.45) is 1.52. The van der Waals surface area contributed by atoms with Crippen molar-refractivity contribution in [1.29, 1.82) is 0 Å². The molecule has 2 aromatic rings. The number of benzene rings is 1. The predicted octanol–water partition coefficient (Wildman–Crippen LogP) is 3.09. The van der Waals surface area contributed by atoms with Crippen LogP contribution in [0, 0.1) is 17.5 Å². The molecule has 0 unspecified atom stereocenters. The summed E-state index contributed by atoms with van der Waals surface area (Å²) >= 11 is 0. The van der Waals surface area contributed by atoms with Crippen LogP contribution >= 0.6 is 0 Å². The summed E-state index contributed by atoms with van der Waals surface area (Å²) in [5.41, 5.74) is 0.377. The van der Waals surface area contributed by atoms with Crippen LogP contribution in [-0.2, 0) is 0 Å². The Morgan fingerprint density at radius 2 is 1.86 bits per heavy atom. The lowest BCUT2D eigenvalue weighted by Crippen LogP contribution is -2.45. The number of hydrogen-bond donors (Lipinski definition) is 0. The van der Waals surface area contributed by atoms with Crippen molar-refractivity contribution in [2.45, 2.75) is 12.5 Å². The molecule has 0 spiro atoms. The van der Waals surface area contributed by atoms with Crippen molar-refractivity contribution in [3.63, 3.8) is 0 Å². The smallest absolute Gasteiger partial charge is 0.276 e. The van der Waals surface area contributed by atoms with Crippen LogP contribution < -0.4 is 0 Å². The second-order valence-corrected chi connectivity index (χ2v) is 4.84. The molecule has 1 saturated heterocycles. The van der Waals surface area contributed by atoms with Gasteiger partial charge in [-0.15, -0.1) is 0 Å². The van der Waals surface area contributed by atoms with Crippen LogP contribution in [-0.4, -0.2) is 22.3 Å². The molecule has 3 rings (SSSR count). The summed E-state index contributed by atoms with van der Waals surface area (Å²) in [4.78, 5) is 17.2. The molecule has 0 bridgehead atoms. The van der Waals surface area contributed by atoms with Gasteiger partial charge in [0.25, 0.3) is 5.91 Å². The zero-order chi connectivity index (χ0) is 15.0. The summed E-state index contributed by atoms with van der Waals surface area (Å²) in [6, 6.07) is 6.21. The molecule has 0 saturated carbocycles. The van der Waals surface area contributed by atoms with Gasteiger partial charge in [-0.05, 0) is 24.1 Å². The van der Waals surface area contributed by atoms with Gasteiger partial charge < -0.3 is 4.90 Å². The molecule has 1 aromatic carbocycles. The minimum absolute atomic E-state index is 0.232. The highest BCUT2D eigenvalue weighted by Gasteiger charge is 2.35. The summed E-state index contributed by atoms with van der Waals surface area (Å²) in [7, 11) is 0. The van der Waals surface area contributed by atoms with Crippen molar-refractivity contribution in [1.82, 2.24) is 9.88 Å². The average molecular weight is 292 g/mol. The fourth-order valence-corrected chi connectivity index (χ4v) is 2.37. The number of nitrogens with zero attached hydrogens (tertiary/aromatic N) is 2. The third-order valence-electron chi connectivity index (χ3n) is 3.55. The number of hydrogen-bond acceptors (Lipinski definition) is 2. The number of likely N-dealkylation sites (tertiary alicyclic amines) is 1. The number of carbonyl (C=O) groups is 1. The van der Waals surface area contributed by atoms with Crippen LogP contribution in [0.3, 0.4) is 0 Å². The molecule has 0 aliphatic carbocycles. The molecule has 0 N–H and O–H groups in total. The van der Waals surface area contributed by atoms with Crippen LogP contribution in [0.15, 0.2) is 36.5 Å². The highest BCUT2D eigenvalue weighted by Crippen LogP contribution is 2.34. The van der Waals surface area contributed by atoms with Gasteiger partial charge in [0.15, 0.2) is 11.5 Å². The van der Waals surface area contributed by atoms with Crippen LogP contribution in [0.25, 0.3) is 0 Å². The lowest BCUT2D eigenvalue weighted by atomic mass is 9.94. The fraction of sp³-hybridized carbons (Fsp3) is 0.200. The van der Waals surface area contributed by atoms with Crippen molar-refractivity contribution < 1.29 is 18.0 Å². The van der Waals surface area contributed by atoms with Gasteiger partial charge in [0.2, 0.25) is 0 Å². The van der Waals surface area contributed by atoms with E-state index < -0.39 is 23.2 Å². The van der Waals surface area contributed by atoms with E-state index in [1.807, 2.05) is 0 Å². The fourth-order valence-electron chi connectivity index (χ4n) is 2.37. The van der Waals surface area contributed by atoms with E-state index in [-0.39, 0.29) is 11.9 Å². The van der Waals surface area contributed by atoms with Gasteiger partial charge in [-0.1, -0.05) is 12.1 Å². The van der Waals surface area contributed by atoms with Gasteiger partial charge in [0, 0.05) is 12.6 Å². The van der Waals surface area contributed by atoms with Gasteiger partial charge in [0.05, 0.1) is 12.2 Å². The quantitative estimate of drug-likeness (QED) is 0.852. The number of rotatable bonds is 2. The molecule has 108 valence electrons. The standard InChI is InChI=1S/C15H11F3N2O/c16-10-3-1-9(2-4-10)13-5-6-20(13)15(21)14-12(18)7-11(17)8-19-14/h1-4,7-8,13H,5-6H2/t13-/m0/s1. The Bertz CT molecular complexity index is 688. The van der Waals surface area contributed by atoms with Crippen LogP contribution in [0.2, 0.25) is 0 Å². The second kappa shape index (κ2) is 5.20. The SMILES string of the molecule is O=C(c1ncc(F)cc1F)N1CC[C@H]1c1ccc(F)cc1. The second-order valence-electron chi connectivity index (χ2n) is 4.84. The molecule has 1 fully saturated rings. The average Bonchev–Trinajstić information content (AvgIpc) is 2.40. The summed E-state index contributed by atoms with van der Waals surface area (Å²) in [5.74, 6) is -2.76. The zero-order valence-corrected chi connectivity index (χ0v) is 10.9. The molecule has 0 radical (unpaired) electrons. The molecule has 1 atom stereocenters. The van der Waals surface area contributed by atoms with E-state index in [4.69, 9.17) is 0 Å². The van der Waals surface area contributed by atoms with Gasteiger partial charge >= 0.3 is 0 Å². The Morgan fingerprint density at radius 3 is 2.43 bits per heavy atom. The first kappa shape index (κ1) is 13.6. The van der Waals surface area contributed by atoms with Crippen molar-refractivity contribution in [2.24, 2.45) is 0 Å². The molecule has 3 nitrogen and oxygen atoms in total. The normalized spacial score (nSPS) is 17.5. The van der Waals surface area contributed by atoms with Crippen molar-refractivity contribution >= 4 is 5.91 Å². The summed E-state index contributed by atoms with van der Waals surface area (Å²) in [6.45, 7) is 0.458. The predicted molar refractivity (Wildman–Crippen MR) is 68.9 cm³/mol. The number of aromatic nitrogens is 1. The van der Waals surface area contributed by atoms with Gasteiger partial charge in [-0.25, -0.2) is 18.2 Å². The first-order valence-corrected chi connectivity index (χ1v) is 6.44. The largest absolute Gasteiger partial charge is 0.330 e. The van der Waals surface area contributed by atoms with E-state index in [0.29, 0.717) is 19.0 Å². The highest BCUT2D eigenvalue weighted by molar-refractivity contribution is 5.93. The number of amides is 1. The maximum absolute atomic E-state index is 13.6. The molecule has 1 aromatic heterocycles. The van der Waals surface area contributed by atoms with Crippen LogP contribution in [0.1, 0.15) is 28.5 Å². The van der Waals surface area contributed by atoms with E-state index in [1.165, 1.54) is 17.0 Å². The third kappa shape index (κ3) is 2.49. The molecule has 1 aliphatic rings. The summed E-state index contributed by atoms with van der Waals surface area (Å²) in [5, 5.41) is 0. The highest BCUT2D eigenvalue weighted by atomic mass is 19.1. The molecule has 2 heterocycles. The maximum Gasteiger partial charge on any atom is 0.276 e. The van der Waals surface area contributed by atoms with Gasteiger partial charge in [-0.2, -0.15) is 0 Å². The van der Waals surface area contributed by atoms with Gasteiger partial charge in [0.1, 0.15) is 11.6 Å². The summed E-state index contributed by atoms with van der Waals surface area (Å²) < 4.78 is 39.3. The van der Waals surface area contributed by atoms with Crippen molar-refractivity contribution in [2.75, 3.05) is 6.54 Å². The first-order chi connectivity index (χ1) is 10.1. The van der Waals surface area contributed by atoms with Crippen molar-refractivity contribution in [3.8, 4) is 0 Å².